The average Bonchev–Trinajstić information content (AvgIpc) is 2.47. The van der Waals surface area contributed by atoms with Crippen molar-refractivity contribution in [2.75, 3.05) is 7.11 Å². The van der Waals surface area contributed by atoms with Gasteiger partial charge in [-0.05, 0) is 47.5 Å². The maximum Gasteiger partial charge on any atom is 0.118 e. The van der Waals surface area contributed by atoms with Crippen LogP contribution < -0.4 is 4.74 Å². The summed E-state index contributed by atoms with van der Waals surface area (Å²) < 4.78 is 5.10. The molecule has 0 heterocycles. The first-order valence-electron chi connectivity index (χ1n) is 5.75. The fourth-order valence-corrected chi connectivity index (χ4v) is 1.89. The van der Waals surface area contributed by atoms with Crippen LogP contribution in [0, 0.1) is 11.3 Å². The van der Waals surface area contributed by atoms with E-state index in [0.29, 0.717) is 10.6 Å². The first kappa shape index (κ1) is 13.2. The van der Waals surface area contributed by atoms with Gasteiger partial charge >= 0.3 is 0 Å². The summed E-state index contributed by atoms with van der Waals surface area (Å²) in [5, 5.41) is 9.89. The fraction of sp³-hybridized carbons (Fsp3) is 0.0625. The molecule has 94 valence electrons. The fourth-order valence-electron chi connectivity index (χ4n) is 1.70. The van der Waals surface area contributed by atoms with Crippen LogP contribution in [0.3, 0.4) is 0 Å². The Morgan fingerprint density at radius 2 is 1.84 bits per heavy atom. The second-order valence-corrected chi connectivity index (χ2v) is 4.33. The summed E-state index contributed by atoms with van der Waals surface area (Å²) >= 11 is 6.09. The highest BCUT2D eigenvalue weighted by atomic mass is 35.5. The predicted octanol–water partition coefficient (Wildman–Crippen LogP) is 4.41. The largest absolute Gasteiger partial charge is 0.497 e. The third-order valence-electron chi connectivity index (χ3n) is 2.73. The SMILES string of the molecule is COc1ccc(C(C#N)=Cc2ccccc2Cl)cc1. The molecule has 0 N–H and O–H groups in total. The van der Waals surface area contributed by atoms with E-state index in [9.17, 15) is 5.26 Å². The molecule has 2 aromatic rings. The Morgan fingerprint density at radius 3 is 2.42 bits per heavy atom. The standard InChI is InChI=1S/C16H12ClNO/c1-19-15-8-6-12(7-9-15)14(11-18)10-13-4-2-3-5-16(13)17/h2-10H,1H3. The number of halogens is 1. The quantitative estimate of drug-likeness (QED) is 0.611. The van der Waals surface area contributed by atoms with Gasteiger partial charge in [0.2, 0.25) is 0 Å². The first-order chi connectivity index (χ1) is 9.24. The van der Waals surface area contributed by atoms with Crippen LogP contribution in [0.25, 0.3) is 11.6 Å². The molecule has 0 atom stereocenters. The molecule has 3 heteroatoms. The maximum absolute atomic E-state index is 9.27. The van der Waals surface area contributed by atoms with Gasteiger partial charge in [0, 0.05) is 5.02 Å². The molecule has 2 nitrogen and oxygen atoms in total. The molecule has 0 aromatic heterocycles. The van der Waals surface area contributed by atoms with Crippen LogP contribution >= 0.6 is 11.6 Å². The van der Waals surface area contributed by atoms with Crippen molar-refractivity contribution < 1.29 is 4.74 Å². The molecule has 0 unspecified atom stereocenters. The molecule has 19 heavy (non-hydrogen) atoms. The summed E-state index contributed by atoms with van der Waals surface area (Å²) in [5.74, 6) is 0.763. The van der Waals surface area contributed by atoms with E-state index in [1.807, 2.05) is 42.5 Å². The van der Waals surface area contributed by atoms with Crippen LogP contribution in [-0.4, -0.2) is 7.11 Å². The Balaban J connectivity index is 2.40. The van der Waals surface area contributed by atoms with Crippen LogP contribution in [-0.2, 0) is 0 Å². The van der Waals surface area contributed by atoms with Gasteiger partial charge in [-0.2, -0.15) is 5.26 Å². The molecule has 0 amide bonds. The first-order valence-corrected chi connectivity index (χ1v) is 6.13. The number of nitriles is 1. The summed E-state index contributed by atoms with van der Waals surface area (Å²) in [6.45, 7) is 0. The third kappa shape index (κ3) is 3.15. The van der Waals surface area contributed by atoms with Gasteiger partial charge in [0.1, 0.15) is 5.75 Å². The Morgan fingerprint density at radius 1 is 1.16 bits per heavy atom. The van der Waals surface area contributed by atoms with Gasteiger partial charge in [-0.25, -0.2) is 0 Å². The van der Waals surface area contributed by atoms with E-state index in [0.717, 1.165) is 16.9 Å². The smallest absolute Gasteiger partial charge is 0.118 e. The lowest BCUT2D eigenvalue weighted by Gasteiger charge is -2.03. The van der Waals surface area contributed by atoms with E-state index in [1.54, 1.807) is 19.3 Å². The summed E-state index contributed by atoms with van der Waals surface area (Å²) in [4.78, 5) is 0. The molecule has 0 fully saturated rings. The van der Waals surface area contributed by atoms with E-state index >= 15 is 0 Å². The maximum atomic E-state index is 9.27. The van der Waals surface area contributed by atoms with Crippen LogP contribution in [0.4, 0.5) is 0 Å². The Bertz CT molecular complexity index is 639. The molecule has 0 aliphatic rings. The topological polar surface area (TPSA) is 33.0 Å². The molecular weight excluding hydrogens is 258 g/mol. The van der Waals surface area contributed by atoms with Crippen molar-refractivity contribution in [1.82, 2.24) is 0 Å². The number of methoxy groups -OCH3 is 1. The van der Waals surface area contributed by atoms with Crippen molar-refractivity contribution in [3.8, 4) is 11.8 Å². The highest BCUT2D eigenvalue weighted by molar-refractivity contribution is 6.32. The number of allylic oxidation sites excluding steroid dienone is 1. The molecule has 0 aliphatic heterocycles. The molecule has 0 radical (unpaired) electrons. The van der Waals surface area contributed by atoms with Gasteiger partial charge in [-0.1, -0.05) is 29.8 Å². The lowest BCUT2D eigenvalue weighted by molar-refractivity contribution is 0.415. The highest BCUT2D eigenvalue weighted by Gasteiger charge is 2.03. The van der Waals surface area contributed by atoms with E-state index in [4.69, 9.17) is 16.3 Å². The molecular formula is C16H12ClNO. The minimum absolute atomic E-state index is 0.566. The van der Waals surface area contributed by atoms with Gasteiger partial charge in [0.05, 0.1) is 18.8 Å². The van der Waals surface area contributed by atoms with Gasteiger partial charge < -0.3 is 4.74 Å². The second-order valence-electron chi connectivity index (χ2n) is 3.92. The van der Waals surface area contributed by atoms with Gasteiger partial charge in [-0.3, -0.25) is 0 Å². The molecule has 2 aromatic carbocycles. The number of rotatable bonds is 3. The Hall–Kier alpha value is -2.24. The van der Waals surface area contributed by atoms with Crippen molar-refractivity contribution in [2.45, 2.75) is 0 Å². The van der Waals surface area contributed by atoms with Crippen LogP contribution in [0.2, 0.25) is 5.02 Å². The lowest BCUT2D eigenvalue weighted by atomic mass is 10.0. The zero-order chi connectivity index (χ0) is 13.7. The average molecular weight is 270 g/mol. The van der Waals surface area contributed by atoms with E-state index in [-0.39, 0.29) is 0 Å². The summed E-state index contributed by atoms with van der Waals surface area (Å²) in [7, 11) is 1.61. The molecule has 0 aliphatic carbocycles. The molecule has 0 saturated carbocycles. The van der Waals surface area contributed by atoms with E-state index in [2.05, 4.69) is 6.07 Å². The zero-order valence-electron chi connectivity index (χ0n) is 10.4. The van der Waals surface area contributed by atoms with Crippen molar-refractivity contribution in [1.29, 1.82) is 5.26 Å². The Kier molecular flexibility index (Phi) is 4.22. The van der Waals surface area contributed by atoms with Crippen molar-refractivity contribution >= 4 is 23.3 Å². The molecule has 0 spiro atoms. The number of hydrogen-bond donors (Lipinski definition) is 0. The summed E-state index contributed by atoms with van der Waals surface area (Å²) in [5.41, 5.74) is 2.23. The Labute approximate surface area is 117 Å². The lowest BCUT2D eigenvalue weighted by Crippen LogP contribution is -1.85. The molecule has 0 bridgehead atoms. The normalized spacial score (nSPS) is 10.9. The highest BCUT2D eigenvalue weighted by Crippen LogP contribution is 2.24. The molecule has 0 saturated heterocycles. The van der Waals surface area contributed by atoms with E-state index in [1.165, 1.54) is 0 Å². The number of benzene rings is 2. The van der Waals surface area contributed by atoms with Crippen LogP contribution in [0.5, 0.6) is 5.75 Å². The summed E-state index contributed by atoms with van der Waals surface area (Å²) in [6.07, 6.45) is 1.78. The number of ether oxygens (including phenoxy) is 1. The second kappa shape index (κ2) is 6.08. The van der Waals surface area contributed by atoms with Gasteiger partial charge in [0.25, 0.3) is 0 Å². The predicted molar refractivity (Wildman–Crippen MR) is 77.9 cm³/mol. The summed E-state index contributed by atoms with van der Waals surface area (Å²) in [6, 6.07) is 17.0. The van der Waals surface area contributed by atoms with Crippen LogP contribution in [0.1, 0.15) is 11.1 Å². The van der Waals surface area contributed by atoms with Crippen molar-refractivity contribution in [3.63, 3.8) is 0 Å². The number of hydrogen-bond acceptors (Lipinski definition) is 2. The van der Waals surface area contributed by atoms with Gasteiger partial charge in [-0.15, -0.1) is 0 Å². The third-order valence-corrected chi connectivity index (χ3v) is 3.07. The van der Waals surface area contributed by atoms with Crippen molar-refractivity contribution in [2.24, 2.45) is 0 Å². The minimum Gasteiger partial charge on any atom is -0.497 e. The monoisotopic (exact) mass is 269 g/mol. The molecule has 2 rings (SSSR count). The van der Waals surface area contributed by atoms with Crippen molar-refractivity contribution in [3.05, 3.63) is 64.7 Å². The number of nitrogens with zero attached hydrogens (tertiary/aromatic N) is 1. The zero-order valence-corrected chi connectivity index (χ0v) is 11.2. The van der Waals surface area contributed by atoms with Crippen LogP contribution in [0.15, 0.2) is 48.5 Å². The minimum atomic E-state index is 0.566. The van der Waals surface area contributed by atoms with E-state index < -0.39 is 0 Å². The van der Waals surface area contributed by atoms with Gasteiger partial charge in [0.15, 0.2) is 0 Å².